The molecule has 2 heteroatoms. The van der Waals surface area contributed by atoms with Crippen molar-refractivity contribution in [2.45, 2.75) is 38.2 Å². The second kappa shape index (κ2) is 6.05. The van der Waals surface area contributed by atoms with Crippen LogP contribution in [0.4, 0.5) is 5.69 Å². The topological polar surface area (TPSA) is 23.5 Å². The summed E-state index contributed by atoms with van der Waals surface area (Å²) in [7, 11) is 4.05. The Morgan fingerprint density at radius 1 is 1.06 bits per heavy atom. The molecule has 0 saturated carbocycles. The Labute approximate surface area is 110 Å². The van der Waals surface area contributed by atoms with E-state index in [-0.39, 0.29) is 0 Å². The largest absolute Gasteiger partial charge is 0.384 e. The molecule has 2 rings (SSSR count). The van der Waals surface area contributed by atoms with E-state index in [4.69, 9.17) is 0 Å². The van der Waals surface area contributed by atoms with Crippen LogP contribution in [0.15, 0.2) is 35.9 Å². The maximum atomic E-state index is 10.4. The Balaban J connectivity index is 2.12. The van der Waals surface area contributed by atoms with E-state index < -0.39 is 6.10 Å². The summed E-state index contributed by atoms with van der Waals surface area (Å²) in [5, 5.41) is 10.4. The van der Waals surface area contributed by atoms with Gasteiger partial charge in [0.15, 0.2) is 0 Å². The third-order valence-corrected chi connectivity index (χ3v) is 3.65. The van der Waals surface area contributed by atoms with E-state index >= 15 is 0 Å². The van der Waals surface area contributed by atoms with Crippen molar-refractivity contribution in [2.75, 3.05) is 19.0 Å². The Bertz CT molecular complexity index is 406. The molecule has 1 aromatic rings. The lowest BCUT2D eigenvalue weighted by atomic mass is 9.97. The first-order valence-electron chi connectivity index (χ1n) is 6.83. The van der Waals surface area contributed by atoms with Gasteiger partial charge in [0.1, 0.15) is 6.10 Å². The summed E-state index contributed by atoms with van der Waals surface area (Å²) in [6.45, 7) is 0. The van der Waals surface area contributed by atoms with Gasteiger partial charge in [0, 0.05) is 19.8 Å². The van der Waals surface area contributed by atoms with Crippen LogP contribution < -0.4 is 4.90 Å². The number of aliphatic hydroxyl groups is 1. The van der Waals surface area contributed by atoms with E-state index in [0.29, 0.717) is 0 Å². The lowest BCUT2D eigenvalue weighted by molar-refractivity contribution is 0.210. The van der Waals surface area contributed by atoms with E-state index in [1.165, 1.54) is 30.5 Å². The van der Waals surface area contributed by atoms with Crippen LogP contribution in [0.1, 0.15) is 43.8 Å². The van der Waals surface area contributed by atoms with Gasteiger partial charge in [-0.15, -0.1) is 0 Å². The fourth-order valence-electron chi connectivity index (χ4n) is 2.46. The Morgan fingerprint density at radius 3 is 2.44 bits per heavy atom. The van der Waals surface area contributed by atoms with Crippen LogP contribution in [0.2, 0.25) is 0 Å². The molecule has 98 valence electrons. The van der Waals surface area contributed by atoms with Crippen molar-refractivity contribution in [2.24, 2.45) is 0 Å². The van der Waals surface area contributed by atoms with Crippen LogP contribution in [-0.4, -0.2) is 19.2 Å². The maximum absolute atomic E-state index is 10.4. The van der Waals surface area contributed by atoms with Gasteiger partial charge in [-0.05, 0) is 49.0 Å². The third kappa shape index (κ3) is 3.14. The average molecular weight is 245 g/mol. The Hall–Kier alpha value is -1.28. The summed E-state index contributed by atoms with van der Waals surface area (Å²) < 4.78 is 0. The quantitative estimate of drug-likeness (QED) is 0.821. The second-order valence-corrected chi connectivity index (χ2v) is 5.27. The van der Waals surface area contributed by atoms with Gasteiger partial charge in [0.05, 0.1) is 0 Å². The molecule has 0 aliphatic heterocycles. The minimum absolute atomic E-state index is 0.417. The van der Waals surface area contributed by atoms with Crippen LogP contribution in [-0.2, 0) is 0 Å². The van der Waals surface area contributed by atoms with Crippen LogP contribution in [0.3, 0.4) is 0 Å². The molecular formula is C16H23NO. The Morgan fingerprint density at radius 2 is 1.78 bits per heavy atom. The highest BCUT2D eigenvalue weighted by molar-refractivity contribution is 5.47. The summed E-state index contributed by atoms with van der Waals surface area (Å²) in [5.41, 5.74) is 3.37. The van der Waals surface area contributed by atoms with Crippen molar-refractivity contribution in [3.63, 3.8) is 0 Å². The van der Waals surface area contributed by atoms with Crippen LogP contribution in [0.25, 0.3) is 0 Å². The summed E-state index contributed by atoms with van der Waals surface area (Å²) >= 11 is 0. The number of allylic oxidation sites excluding steroid dienone is 1. The number of nitrogens with zero attached hydrogens (tertiary/aromatic N) is 1. The smallest absolute Gasteiger partial charge is 0.100 e. The minimum Gasteiger partial charge on any atom is -0.384 e. The third-order valence-electron chi connectivity index (χ3n) is 3.65. The zero-order valence-corrected chi connectivity index (χ0v) is 11.4. The van der Waals surface area contributed by atoms with Crippen molar-refractivity contribution < 1.29 is 5.11 Å². The standard InChI is InChI=1S/C16H23NO/c1-17(2)15-11-9-14(10-12-15)16(18)13-7-5-3-4-6-8-13/h7,9-12,16,18H,3-6,8H2,1-2H3. The summed E-state index contributed by atoms with van der Waals surface area (Å²) in [6, 6.07) is 8.20. The predicted molar refractivity (Wildman–Crippen MR) is 76.9 cm³/mol. The molecule has 2 nitrogen and oxygen atoms in total. The normalized spacial score (nSPS) is 17.8. The summed E-state index contributed by atoms with van der Waals surface area (Å²) in [6.07, 6.45) is 7.72. The lowest BCUT2D eigenvalue weighted by Crippen LogP contribution is -2.09. The molecule has 1 aliphatic rings. The number of rotatable bonds is 3. The van der Waals surface area contributed by atoms with Gasteiger partial charge in [-0.2, -0.15) is 0 Å². The molecule has 0 saturated heterocycles. The molecule has 0 spiro atoms. The molecule has 1 aromatic carbocycles. The molecule has 0 bridgehead atoms. The van der Waals surface area contributed by atoms with E-state index in [1.54, 1.807) is 0 Å². The lowest BCUT2D eigenvalue weighted by Gasteiger charge is -2.17. The maximum Gasteiger partial charge on any atom is 0.100 e. The first kappa shape index (κ1) is 13.2. The van der Waals surface area contributed by atoms with Gasteiger partial charge >= 0.3 is 0 Å². The van der Waals surface area contributed by atoms with E-state index in [9.17, 15) is 5.11 Å². The molecule has 0 radical (unpaired) electrons. The second-order valence-electron chi connectivity index (χ2n) is 5.27. The SMILES string of the molecule is CN(C)c1ccc(C(O)C2=CCCCCC2)cc1. The van der Waals surface area contributed by atoms with Crippen LogP contribution in [0.5, 0.6) is 0 Å². The number of aliphatic hydroxyl groups excluding tert-OH is 1. The van der Waals surface area contributed by atoms with E-state index in [2.05, 4.69) is 23.1 Å². The molecule has 0 aromatic heterocycles. The number of anilines is 1. The average Bonchev–Trinajstić information content (AvgIpc) is 2.67. The van der Waals surface area contributed by atoms with Crippen molar-refractivity contribution in [3.8, 4) is 0 Å². The molecule has 1 atom stereocenters. The summed E-state index contributed by atoms with van der Waals surface area (Å²) in [4.78, 5) is 2.07. The number of hydrogen-bond donors (Lipinski definition) is 1. The fourth-order valence-corrected chi connectivity index (χ4v) is 2.46. The van der Waals surface area contributed by atoms with Crippen molar-refractivity contribution in [1.29, 1.82) is 0 Å². The number of benzene rings is 1. The van der Waals surface area contributed by atoms with Gasteiger partial charge in [-0.25, -0.2) is 0 Å². The van der Waals surface area contributed by atoms with Gasteiger partial charge < -0.3 is 10.0 Å². The molecule has 1 N–H and O–H groups in total. The highest BCUT2D eigenvalue weighted by Crippen LogP contribution is 2.29. The zero-order valence-electron chi connectivity index (χ0n) is 11.4. The van der Waals surface area contributed by atoms with E-state index in [1.807, 2.05) is 26.2 Å². The first-order chi connectivity index (χ1) is 8.68. The van der Waals surface area contributed by atoms with E-state index in [0.717, 1.165) is 18.4 Å². The van der Waals surface area contributed by atoms with Crippen LogP contribution in [0, 0.1) is 0 Å². The molecule has 1 aliphatic carbocycles. The van der Waals surface area contributed by atoms with Gasteiger partial charge in [-0.1, -0.05) is 24.6 Å². The zero-order chi connectivity index (χ0) is 13.0. The van der Waals surface area contributed by atoms with Gasteiger partial charge in [-0.3, -0.25) is 0 Å². The van der Waals surface area contributed by atoms with Gasteiger partial charge in [0.2, 0.25) is 0 Å². The van der Waals surface area contributed by atoms with Crippen molar-refractivity contribution in [1.82, 2.24) is 0 Å². The Kier molecular flexibility index (Phi) is 4.43. The van der Waals surface area contributed by atoms with Crippen molar-refractivity contribution >= 4 is 5.69 Å². The molecular weight excluding hydrogens is 222 g/mol. The highest BCUT2D eigenvalue weighted by atomic mass is 16.3. The van der Waals surface area contributed by atoms with Gasteiger partial charge in [0.25, 0.3) is 0 Å². The highest BCUT2D eigenvalue weighted by Gasteiger charge is 2.14. The molecule has 0 amide bonds. The van der Waals surface area contributed by atoms with Crippen LogP contribution >= 0.6 is 0 Å². The fraction of sp³-hybridized carbons (Fsp3) is 0.500. The molecule has 18 heavy (non-hydrogen) atoms. The predicted octanol–water partition coefficient (Wildman–Crippen LogP) is 3.68. The molecule has 0 heterocycles. The molecule has 0 fully saturated rings. The monoisotopic (exact) mass is 245 g/mol. The minimum atomic E-state index is -0.417. The number of hydrogen-bond acceptors (Lipinski definition) is 2. The summed E-state index contributed by atoms with van der Waals surface area (Å²) in [5.74, 6) is 0. The molecule has 1 unspecified atom stereocenters. The van der Waals surface area contributed by atoms with Crippen molar-refractivity contribution in [3.05, 3.63) is 41.5 Å². The first-order valence-corrected chi connectivity index (χ1v) is 6.83.